The standard InChI is InChI=1S/C28H28F2N4O4/c1-3-32(4-2)28(37)38-26-21(35)16-31-34-24(20-14-9-15-33(20)27(36)25(26)34)22(17-10-6-5-7-11-17)18-12-8-13-19(29)23(18)30/h5-8,10-13,16,20,22,24H,3-4,9,14-15H2,1-2H3/t20-,22?,24-/m1/s1. The largest absolute Gasteiger partial charge is 0.415 e. The van der Waals surface area contributed by atoms with Gasteiger partial charge in [0.05, 0.1) is 18.3 Å². The average molecular weight is 523 g/mol. The van der Waals surface area contributed by atoms with Gasteiger partial charge < -0.3 is 14.5 Å². The van der Waals surface area contributed by atoms with E-state index >= 15 is 4.39 Å². The first-order valence-corrected chi connectivity index (χ1v) is 12.8. The van der Waals surface area contributed by atoms with Crippen LogP contribution in [0.5, 0.6) is 5.75 Å². The molecular formula is C28H28F2N4O4. The minimum atomic E-state index is -0.987. The molecule has 0 spiro atoms. The predicted octanol–water partition coefficient (Wildman–Crippen LogP) is 4.35. The van der Waals surface area contributed by atoms with Crippen molar-refractivity contribution in [2.24, 2.45) is 0 Å². The highest BCUT2D eigenvalue weighted by Crippen LogP contribution is 2.46. The lowest BCUT2D eigenvalue weighted by Gasteiger charge is -2.42. The highest BCUT2D eigenvalue weighted by Gasteiger charge is 2.49. The first-order chi connectivity index (χ1) is 18.4. The minimum Gasteiger partial charge on any atom is -0.403 e. The van der Waals surface area contributed by atoms with Gasteiger partial charge in [-0.15, -0.1) is 0 Å². The Morgan fingerprint density at radius 1 is 1.11 bits per heavy atom. The van der Waals surface area contributed by atoms with Crippen LogP contribution in [0.2, 0.25) is 0 Å². The number of carbonyl (C=O) groups excluding carboxylic acids is 2. The molecule has 1 saturated heterocycles. The molecule has 2 amide bonds. The van der Waals surface area contributed by atoms with E-state index in [0.717, 1.165) is 12.3 Å². The number of hydrogen-bond acceptors (Lipinski definition) is 5. The van der Waals surface area contributed by atoms with E-state index in [4.69, 9.17) is 4.74 Å². The number of ether oxygens (including phenoxy) is 1. The monoisotopic (exact) mass is 522 g/mol. The van der Waals surface area contributed by atoms with Gasteiger partial charge >= 0.3 is 6.09 Å². The number of rotatable bonds is 6. The van der Waals surface area contributed by atoms with Gasteiger partial charge in [0.15, 0.2) is 17.3 Å². The topological polar surface area (TPSA) is 84.7 Å². The van der Waals surface area contributed by atoms with Crippen LogP contribution in [-0.2, 0) is 0 Å². The highest BCUT2D eigenvalue weighted by molar-refractivity contribution is 5.97. The Kier molecular flexibility index (Phi) is 6.96. The summed E-state index contributed by atoms with van der Waals surface area (Å²) < 4.78 is 36.7. The lowest BCUT2D eigenvalue weighted by molar-refractivity contribution is 0.0563. The van der Waals surface area contributed by atoms with E-state index in [0.29, 0.717) is 38.0 Å². The van der Waals surface area contributed by atoms with Gasteiger partial charge in [0.1, 0.15) is 0 Å². The van der Waals surface area contributed by atoms with Crippen molar-refractivity contribution in [1.82, 2.24) is 19.6 Å². The van der Waals surface area contributed by atoms with Gasteiger partial charge in [-0.25, -0.2) is 18.3 Å². The maximum Gasteiger partial charge on any atom is 0.415 e. The molecule has 198 valence electrons. The number of carbonyl (C=O) groups is 2. The van der Waals surface area contributed by atoms with E-state index in [2.05, 4.69) is 5.10 Å². The number of fused-ring (bicyclic) bond motifs is 2. The zero-order chi connectivity index (χ0) is 27.0. The number of halogens is 2. The van der Waals surface area contributed by atoms with Crippen LogP contribution in [0.3, 0.4) is 0 Å². The molecule has 0 N–H and O–H groups in total. The third-order valence-corrected chi connectivity index (χ3v) is 7.43. The zero-order valence-electron chi connectivity index (χ0n) is 21.1. The number of benzene rings is 2. The molecular weight excluding hydrogens is 494 g/mol. The Hall–Kier alpha value is -4.08. The second-order valence-corrected chi connectivity index (χ2v) is 9.40. The summed E-state index contributed by atoms with van der Waals surface area (Å²) in [6, 6.07) is 12.0. The number of amides is 2. The Bertz CT molecular complexity index is 1420. The lowest BCUT2D eigenvalue weighted by atomic mass is 9.79. The van der Waals surface area contributed by atoms with Crippen LogP contribution in [0.15, 0.2) is 59.5 Å². The third-order valence-electron chi connectivity index (χ3n) is 7.43. The Labute approximate surface area is 218 Å². The summed E-state index contributed by atoms with van der Waals surface area (Å²) in [6.07, 6.45) is 1.54. The fourth-order valence-electron chi connectivity index (χ4n) is 5.65. The Morgan fingerprint density at radius 2 is 1.84 bits per heavy atom. The van der Waals surface area contributed by atoms with Crippen molar-refractivity contribution in [3.05, 3.63) is 93.4 Å². The Morgan fingerprint density at radius 3 is 2.55 bits per heavy atom. The number of nitrogens with zero attached hydrogens (tertiary/aromatic N) is 4. The van der Waals surface area contributed by atoms with E-state index in [1.165, 1.54) is 21.7 Å². The molecule has 2 aliphatic rings. The van der Waals surface area contributed by atoms with Gasteiger partial charge in [-0.3, -0.25) is 9.59 Å². The van der Waals surface area contributed by atoms with Crippen LogP contribution in [0.4, 0.5) is 13.6 Å². The van der Waals surface area contributed by atoms with Crippen molar-refractivity contribution in [2.75, 3.05) is 19.6 Å². The molecule has 2 aliphatic heterocycles. The molecule has 3 atom stereocenters. The fraction of sp³-hybridized carbons (Fsp3) is 0.357. The molecule has 5 rings (SSSR count). The molecule has 3 heterocycles. The second kappa shape index (κ2) is 10.4. The average Bonchev–Trinajstić information content (AvgIpc) is 3.41. The molecule has 0 aliphatic carbocycles. The molecule has 0 bridgehead atoms. The molecule has 0 saturated carbocycles. The van der Waals surface area contributed by atoms with Crippen LogP contribution < -0.4 is 10.2 Å². The molecule has 1 aromatic heterocycles. The van der Waals surface area contributed by atoms with Crippen molar-refractivity contribution >= 4 is 12.0 Å². The lowest BCUT2D eigenvalue weighted by Crippen LogP contribution is -2.51. The molecule has 38 heavy (non-hydrogen) atoms. The molecule has 8 nitrogen and oxygen atoms in total. The summed E-state index contributed by atoms with van der Waals surface area (Å²) in [5.41, 5.74) is -0.0829. The van der Waals surface area contributed by atoms with Crippen LogP contribution >= 0.6 is 0 Å². The zero-order valence-corrected chi connectivity index (χ0v) is 21.1. The highest BCUT2D eigenvalue weighted by atomic mass is 19.2. The van der Waals surface area contributed by atoms with Crippen molar-refractivity contribution in [3.63, 3.8) is 0 Å². The molecule has 0 radical (unpaired) electrons. The number of aromatic nitrogens is 2. The van der Waals surface area contributed by atoms with Crippen LogP contribution in [0.25, 0.3) is 0 Å². The molecule has 2 aromatic carbocycles. The Balaban J connectivity index is 1.74. The van der Waals surface area contributed by atoms with Gasteiger partial charge in [-0.2, -0.15) is 5.10 Å². The van der Waals surface area contributed by atoms with Crippen molar-refractivity contribution in [2.45, 2.75) is 44.7 Å². The van der Waals surface area contributed by atoms with E-state index in [1.54, 1.807) is 30.9 Å². The quantitative estimate of drug-likeness (QED) is 0.481. The summed E-state index contributed by atoms with van der Waals surface area (Å²) in [5.74, 6) is -3.63. The SMILES string of the molecule is CCN(CC)C(=O)Oc1c2n(ncc1=O)[C@@H](C(c1ccccc1)c1cccc(F)c1F)[C@H]1CCCN1C2=O. The van der Waals surface area contributed by atoms with Gasteiger partial charge in [-0.05, 0) is 38.3 Å². The van der Waals surface area contributed by atoms with Crippen LogP contribution in [0.1, 0.15) is 60.3 Å². The number of hydrogen-bond donors (Lipinski definition) is 0. The van der Waals surface area contributed by atoms with Crippen molar-refractivity contribution < 1.29 is 23.1 Å². The summed E-state index contributed by atoms with van der Waals surface area (Å²) >= 11 is 0. The predicted molar refractivity (Wildman–Crippen MR) is 135 cm³/mol. The fourth-order valence-corrected chi connectivity index (χ4v) is 5.65. The van der Waals surface area contributed by atoms with Crippen LogP contribution in [-0.4, -0.2) is 57.3 Å². The van der Waals surface area contributed by atoms with E-state index in [1.807, 2.05) is 18.2 Å². The van der Waals surface area contributed by atoms with Gasteiger partial charge in [0, 0.05) is 31.1 Å². The summed E-state index contributed by atoms with van der Waals surface area (Å²) in [7, 11) is 0. The normalized spacial score (nSPS) is 19.1. The third kappa shape index (κ3) is 4.23. The van der Waals surface area contributed by atoms with Gasteiger partial charge in [-0.1, -0.05) is 42.5 Å². The van der Waals surface area contributed by atoms with E-state index < -0.39 is 52.8 Å². The maximum atomic E-state index is 15.4. The minimum absolute atomic E-state index is 0.107. The first kappa shape index (κ1) is 25.6. The molecule has 1 unspecified atom stereocenters. The van der Waals surface area contributed by atoms with Gasteiger partial charge in [0.2, 0.25) is 11.2 Å². The first-order valence-electron chi connectivity index (χ1n) is 12.8. The molecule has 3 aromatic rings. The maximum absolute atomic E-state index is 15.4. The van der Waals surface area contributed by atoms with E-state index in [9.17, 15) is 18.8 Å². The van der Waals surface area contributed by atoms with Crippen molar-refractivity contribution in [3.8, 4) is 5.75 Å². The van der Waals surface area contributed by atoms with E-state index in [-0.39, 0.29) is 11.3 Å². The second-order valence-electron chi connectivity index (χ2n) is 9.40. The smallest absolute Gasteiger partial charge is 0.403 e. The van der Waals surface area contributed by atoms with Crippen molar-refractivity contribution in [1.29, 1.82) is 0 Å². The van der Waals surface area contributed by atoms with Gasteiger partial charge in [0.25, 0.3) is 5.91 Å². The summed E-state index contributed by atoms with van der Waals surface area (Å²) in [4.78, 5) is 42.5. The summed E-state index contributed by atoms with van der Waals surface area (Å²) in [5, 5.41) is 4.32. The van der Waals surface area contributed by atoms with Crippen LogP contribution in [0, 0.1) is 11.6 Å². The summed E-state index contributed by atoms with van der Waals surface area (Å²) in [6.45, 7) is 4.66. The molecule has 10 heteroatoms. The molecule has 1 fully saturated rings.